The number of nitrogens with two attached hydrogens (primary N) is 2. The zero-order chi connectivity index (χ0) is 6.85. The molecule has 0 spiro atoms. The molecule has 0 aliphatic heterocycles. The molecule has 50 valence electrons. The molecule has 4 N–H and O–H groups in total. The van der Waals surface area contributed by atoms with Crippen LogP contribution in [-0.4, -0.2) is 4.98 Å². The Morgan fingerprint density at radius 1 is 1.67 bits per heavy atom. The Morgan fingerprint density at radius 2 is 2.33 bits per heavy atom. The van der Waals surface area contributed by atoms with Crippen LogP contribution >= 0.6 is 0 Å². The first-order chi connectivity index (χ1) is 4.24. The van der Waals surface area contributed by atoms with Crippen molar-refractivity contribution in [3.05, 3.63) is 11.5 Å². The first-order valence-corrected chi connectivity index (χ1v) is 2.66. The second-order valence-electron chi connectivity index (χ2n) is 1.76. The van der Waals surface area contributed by atoms with E-state index in [0.717, 1.165) is 5.69 Å². The Morgan fingerprint density at radius 3 is 2.56 bits per heavy atom. The molecule has 0 radical (unpaired) electrons. The molecule has 0 unspecified atom stereocenters. The SMILES string of the molecule is Cc1nc(N)oc1CN. The van der Waals surface area contributed by atoms with Gasteiger partial charge >= 0.3 is 0 Å². The number of aromatic nitrogens is 1. The van der Waals surface area contributed by atoms with Gasteiger partial charge in [-0.1, -0.05) is 0 Å². The third-order valence-corrected chi connectivity index (χ3v) is 1.09. The maximum Gasteiger partial charge on any atom is 0.292 e. The van der Waals surface area contributed by atoms with E-state index < -0.39 is 0 Å². The smallest absolute Gasteiger partial charge is 0.292 e. The minimum absolute atomic E-state index is 0.188. The third-order valence-electron chi connectivity index (χ3n) is 1.09. The molecule has 4 nitrogen and oxygen atoms in total. The van der Waals surface area contributed by atoms with E-state index in [1.165, 1.54) is 0 Å². The summed E-state index contributed by atoms with van der Waals surface area (Å²) < 4.78 is 4.91. The fraction of sp³-hybridized carbons (Fsp3) is 0.400. The molecular formula is C5H9N3O. The van der Waals surface area contributed by atoms with Crippen molar-refractivity contribution < 1.29 is 4.42 Å². The van der Waals surface area contributed by atoms with Crippen molar-refractivity contribution in [3.63, 3.8) is 0 Å². The van der Waals surface area contributed by atoms with Crippen LogP contribution in [0.2, 0.25) is 0 Å². The first kappa shape index (κ1) is 6.10. The van der Waals surface area contributed by atoms with Crippen molar-refractivity contribution in [2.75, 3.05) is 5.73 Å². The van der Waals surface area contributed by atoms with Gasteiger partial charge in [0.2, 0.25) is 0 Å². The Bertz CT molecular complexity index is 206. The summed E-state index contributed by atoms with van der Waals surface area (Å²) in [5, 5.41) is 0. The first-order valence-electron chi connectivity index (χ1n) is 2.66. The molecule has 0 atom stereocenters. The second-order valence-corrected chi connectivity index (χ2v) is 1.76. The van der Waals surface area contributed by atoms with Gasteiger partial charge in [0.05, 0.1) is 12.2 Å². The molecule has 0 fully saturated rings. The van der Waals surface area contributed by atoms with Crippen LogP contribution in [0, 0.1) is 6.92 Å². The van der Waals surface area contributed by atoms with Crippen LogP contribution < -0.4 is 11.5 Å². The predicted octanol–water partition coefficient (Wildman–Crippen LogP) is 0.0239. The fourth-order valence-electron chi connectivity index (χ4n) is 0.640. The highest BCUT2D eigenvalue weighted by Crippen LogP contribution is 2.09. The monoisotopic (exact) mass is 127 g/mol. The van der Waals surface area contributed by atoms with Gasteiger partial charge in [0.1, 0.15) is 5.76 Å². The Kier molecular flexibility index (Phi) is 1.40. The maximum atomic E-state index is 5.27. The number of nitrogen functional groups attached to an aromatic ring is 1. The molecule has 0 aliphatic rings. The number of hydrogen-bond donors (Lipinski definition) is 2. The summed E-state index contributed by atoms with van der Waals surface area (Å²) in [6, 6.07) is 0.188. The Hall–Kier alpha value is -1.03. The normalized spacial score (nSPS) is 10.0. The van der Waals surface area contributed by atoms with Gasteiger partial charge in [0, 0.05) is 0 Å². The van der Waals surface area contributed by atoms with Crippen molar-refractivity contribution in [3.8, 4) is 0 Å². The summed E-state index contributed by atoms with van der Waals surface area (Å²) in [5.74, 6) is 0.660. The van der Waals surface area contributed by atoms with E-state index in [9.17, 15) is 0 Å². The molecule has 0 amide bonds. The topological polar surface area (TPSA) is 78.1 Å². The molecule has 0 aromatic carbocycles. The lowest BCUT2D eigenvalue weighted by atomic mass is 10.4. The lowest BCUT2D eigenvalue weighted by molar-refractivity contribution is 0.523. The van der Waals surface area contributed by atoms with E-state index in [1.54, 1.807) is 0 Å². The van der Waals surface area contributed by atoms with E-state index in [4.69, 9.17) is 15.9 Å². The average molecular weight is 127 g/mol. The van der Waals surface area contributed by atoms with Crippen molar-refractivity contribution >= 4 is 6.01 Å². The second kappa shape index (κ2) is 2.06. The molecule has 0 saturated heterocycles. The third kappa shape index (κ3) is 1.02. The summed E-state index contributed by atoms with van der Waals surface area (Å²) >= 11 is 0. The standard InChI is InChI=1S/C5H9N3O/c1-3-4(2-6)9-5(7)8-3/h2,6H2,1H3,(H2,7,8). The fourth-order valence-corrected chi connectivity index (χ4v) is 0.640. The quantitative estimate of drug-likeness (QED) is 0.557. The number of nitrogens with zero attached hydrogens (tertiary/aromatic N) is 1. The summed E-state index contributed by atoms with van der Waals surface area (Å²) in [6.45, 7) is 2.16. The van der Waals surface area contributed by atoms with Gasteiger partial charge in [0.15, 0.2) is 0 Å². The predicted molar refractivity (Wildman–Crippen MR) is 33.5 cm³/mol. The minimum Gasteiger partial charge on any atom is -0.427 e. The molecule has 0 bridgehead atoms. The number of aryl methyl sites for hydroxylation is 1. The molecule has 0 saturated carbocycles. The van der Waals surface area contributed by atoms with Crippen molar-refractivity contribution in [1.82, 2.24) is 4.98 Å². The summed E-state index contributed by atoms with van der Waals surface area (Å²) in [7, 11) is 0. The van der Waals surface area contributed by atoms with Crippen LogP contribution in [0.1, 0.15) is 11.5 Å². The summed E-state index contributed by atoms with van der Waals surface area (Å²) in [4.78, 5) is 3.81. The molecule has 1 aromatic heterocycles. The lowest BCUT2D eigenvalue weighted by Crippen LogP contribution is -1.95. The molecule has 1 rings (SSSR count). The van der Waals surface area contributed by atoms with Crippen molar-refractivity contribution in [2.45, 2.75) is 13.5 Å². The average Bonchev–Trinajstić information content (AvgIpc) is 2.10. The molecule has 1 aromatic rings. The summed E-state index contributed by atoms with van der Waals surface area (Å²) in [5.41, 5.74) is 11.3. The highest BCUT2D eigenvalue weighted by atomic mass is 16.4. The van der Waals surface area contributed by atoms with Crippen LogP contribution in [0.4, 0.5) is 6.01 Å². The Labute approximate surface area is 52.9 Å². The van der Waals surface area contributed by atoms with Crippen molar-refractivity contribution in [2.24, 2.45) is 5.73 Å². The van der Waals surface area contributed by atoms with Crippen LogP contribution in [0.25, 0.3) is 0 Å². The maximum absolute atomic E-state index is 5.27. The highest BCUT2D eigenvalue weighted by molar-refractivity contribution is 5.18. The zero-order valence-corrected chi connectivity index (χ0v) is 5.22. The van der Waals surface area contributed by atoms with Crippen LogP contribution in [0.15, 0.2) is 4.42 Å². The van der Waals surface area contributed by atoms with Crippen molar-refractivity contribution in [1.29, 1.82) is 0 Å². The molecule has 9 heavy (non-hydrogen) atoms. The molecule has 0 aliphatic carbocycles. The van der Waals surface area contributed by atoms with Gasteiger partial charge in [0.25, 0.3) is 6.01 Å². The molecule has 4 heteroatoms. The van der Waals surface area contributed by atoms with E-state index in [-0.39, 0.29) is 6.01 Å². The molecular weight excluding hydrogens is 118 g/mol. The number of anilines is 1. The van der Waals surface area contributed by atoms with Gasteiger partial charge in [-0.05, 0) is 6.92 Å². The van der Waals surface area contributed by atoms with E-state index in [1.807, 2.05) is 6.92 Å². The van der Waals surface area contributed by atoms with E-state index in [2.05, 4.69) is 4.98 Å². The largest absolute Gasteiger partial charge is 0.427 e. The van der Waals surface area contributed by atoms with Gasteiger partial charge in [-0.25, -0.2) is 0 Å². The highest BCUT2D eigenvalue weighted by Gasteiger charge is 2.02. The van der Waals surface area contributed by atoms with Crippen LogP contribution in [-0.2, 0) is 6.54 Å². The van der Waals surface area contributed by atoms with Gasteiger partial charge < -0.3 is 15.9 Å². The lowest BCUT2D eigenvalue weighted by Gasteiger charge is -1.85. The van der Waals surface area contributed by atoms with Gasteiger partial charge in [-0.3, -0.25) is 0 Å². The number of oxazole rings is 1. The van der Waals surface area contributed by atoms with E-state index >= 15 is 0 Å². The number of rotatable bonds is 1. The van der Waals surface area contributed by atoms with Gasteiger partial charge in [-0.15, -0.1) is 0 Å². The van der Waals surface area contributed by atoms with Gasteiger partial charge in [-0.2, -0.15) is 4.98 Å². The Balaban J connectivity index is 3.01. The van der Waals surface area contributed by atoms with E-state index in [0.29, 0.717) is 12.3 Å². The molecule has 1 heterocycles. The van der Waals surface area contributed by atoms with Crippen LogP contribution in [0.3, 0.4) is 0 Å². The summed E-state index contributed by atoms with van der Waals surface area (Å²) in [6.07, 6.45) is 0. The van der Waals surface area contributed by atoms with Crippen LogP contribution in [0.5, 0.6) is 0 Å². The zero-order valence-electron chi connectivity index (χ0n) is 5.22. The minimum atomic E-state index is 0.188. The number of hydrogen-bond acceptors (Lipinski definition) is 4.